The van der Waals surface area contributed by atoms with Crippen LogP contribution in [0, 0.1) is 0 Å². The van der Waals surface area contributed by atoms with Crippen molar-refractivity contribution in [2.45, 2.75) is 6.42 Å². The number of carbonyl (C=O) groups excluding carboxylic acids is 1. The quantitative estimate of drug-likeness (QED) is 0.856. The number of amides is 1. The van der Waals surface area contributed by atoms with Crippen LogP contribution in [0.25, 0.3) is 10.9 Å². The zero-order chi connectivity index (χ0) is 13.1. The summed E-state index contributed by atoms with van der Waals surface area (Å²) in [5.41, 5.74) is 1.71. The topological polar surface area (TPSA) is 63.5 Å². The lowest BCUT2D eigenvalue weighted by Gasteiger charge is -2.02. The average molecular weight is 313 g/mol. The zero-order valence-corrected chi connectivity index (χ0v) is 11.4. The van der Waals surface area contributed by atoms with E-state index in [1.54, 1.807) is 6.20 Å². The Morgan fingerprint density at radius 2 is 2.33 bits per heavy atom. The number of benzene rings is 1. The van der Waals surface area contributed by atoms with Crippen LogP contribution < -0.4 is 5.32 Å². The number of nitrogens with zero attached hydrogens (tertiary/aromatic N) is 1. The molecule has 1 aromatic heterocycles. The van der Waals surface area contributed by atoms with Gasteiger partial charge in [-0.1, -0.05) is 15.9 Å². The van der Waals surface area contributed by atoms with E-state index in [1.165, 1.54) is 7.11 Å². The van der Waals surface area contributed by atoms with E-state index in [-0.39, 0.29) is 0 Å². The highest BCUT2D eigenvalue weighted by Crippen LogP contribution is 2.24. The van der Waals surface area contributed by atoms with Gasteiger partial charge in [-0.2, -0.15) is 4.73 Å². The molecule has 0 unspecified atom stereocenters. The van der Waals surface area contributed by atoms with E-state index in [0.717, 1.165) is 25.7 Å². The third-order valence-corrected chi connectivity index (χ3v) is 3.17. The molecule has 18 heavy (non-hydrogen) atoms. The number of methoxy groups -OCH3 is 1. The summed E-state index contributed by atoms with van der Waals surface area (Å²) in [6.45, 7) is 0.457. The second-order valence-corrected chi connectivity index (χ2v) is 4.74. The van der Waals surface area contributed by atoms with E-state index >= 15 is 0 Å². The number of hydrogen-bond donors (Lipinski definition) is 2. The predicted octanol–water partition coefficient (Wildman–Crippen LogP) is 2.54. The van der Waals surface area contributed by atoms with Crippen molar-refractivity contribution in [1.29, 1.82) is 0 Å². The molecule has 6 heteroatoms. The first-order chi connectivity index (χ1) is 8.61. The smallest absolute Gasteiger partial charge is 0.406 e. The summed E-state index contributed by atoms with van der Waals surface area (Å²) < 4.78 is 6.53. The maximum atomic E-state index is 10.9. The largest absolute Gasteiger partial charge is 0.453 e. The van der Waals surface area contributed by atoms with Gasteiger partial charge >= 0.3 is 6.09 Å². The molecule has 1 heterocycles. The Morgan fingerprint density at radius 1 is 1.56 bits per heavy atom. The number of fused-ring (bicyclic) bond motifs is 1. The lowest BCUT2D eigenvalue weighted by Crippen LogP contribution is -2.25. The monoisotopic (exact) mass is 312 g/mol. The molecule has 0 saturated carbocycles. The molecular formula is C12H13BrN2O3. The van der Waals surface area contributed by atoms with Crippen molar-refractivity contribution in [3.63, 3.8) is 0 Å². The normalized spacial score (nSPS) is 10.6. The Morgan fingerprint density at radius 3 is 3.06 bits per heavy atom. The average Bonchev–Trinajstić information content (AvgIpc) is 2.65. The Bertz CT molecular complexity index is 580. The van der Waals surface area contributed by atoms with Crippen molar-refractivity contribution < 1.29 is 14.7 Å². The van der Waals surface area contributed by atoms with Gasteiger partial charge in [-0.15, -0.1) is 0 Å². The van der Waals surface area contributed by atoms with Crippen LogP contribution in [0.2, 0.25) is 0 Å². The SMILES string of the molecule is COC(=O)NCCc1cn(O)c2ccc(Br)cc12. The standard InChI is InChI=1S/C12H13BrN2O3/c1-18-12(16)14-5-4-8-7-15(17)11-3-2-9(13)6-10(8)11/h2-3,6-7,17H,4-5H2,1H3,(H,14,16). The molecule has 0 saturated heterocycles. The number of hydrogen-bond acceptors (Lipinski definition) is 3. The minimum absolute atomic E-state index is 0.455. The molecule has 0 aliphatic heterocycles. The van der Waals surface area contributed by atoms with Gasteiger partial charge in [-0.25, -0.2) is 4.79 Å². The highest BCUT2D eigenvalue weighted by molar-refractivity contribution is 9.10. The van der Waals surface area contributed by atoms with Gasteiger partial charge in [0.25, 0.3) is 0 Å². The van der Waals surface area contributed by atoms with Crippen LogP contribution in [-0.4, -0.2) is 29.7 Å². The van der Waals surface area contributed by atoms with Crippen molar-refractivity contribution in [1.82, 2.24) is 10.0 Å². The summed E-state index contributed by atoms with van der Waals surface area (Å²) in [6.07, 6.45) is 1.81. The molecule has 1 aromatic carbocycles. The highest BCUT2D eigenvalue weighted by Gasteiger charge is 2.08. The Balaban J connectivity index is 2.18. The van der Waals surface area contributed by atoms with Crippen LogP contribution in [0.15, 0.2) is 28.9 Å². The fourth-order valence-corrected chi connectivity index (χ4v) is 2.18. The van der Waals surface area contributed by atoms with Gasteiger partial charge in [-0.3, -0.25) is 0 Å². The molecule has 2 N–H and O–H groups in total. The molecule has 5 nitrogen and oxygen atoms in total. The molecule has 0 atom stereocenters. The first-order valence-corrected chi connectivity index (χ1v) is 6.21. The summed E-state index contributed by atoms with van der Waals surface area (Å²) in [4.78, 5) is 10.9. The van der Waals surface area contributed by atoms with Crippen LogP contribution in [0.1, 0.15) is 5.56 Å². The predicted molar refractivity (Wildman–Crippen MR) is 70.9 cm³/mol. The molecule has 0 fully saturated rings. The van der Waals surface area contributed by atoms with Crippen molar-refractivity contribution in [2.75, 3.05) is 13.7 Å². The first kappa shape index (κ1) is 12.8. The zero-order valence-electron chi connectivity index (χ0n) is 9.81. The number of ether oxygens (including phenoxy) is 1. The van der Waals surface area contributed by atoms with E-state index < -0.39 is 6.09 Å². The maximum absolute atomic E-state index is 10.9. The molecule has 96 valence electrons. The molecule has 0 bridgehead atoms. The fraction of sp³-hybridized carbons (Fsp3) is 0.250. The first-order valence-electron chi connectivity index (χ1n) is 5.42. The van der Waals surface area contributed by atoms with Crippen molar-refractivity contribution in [2.24, 2.45) is 0 Å². The highest BCUT2D eigenvalue weighted by atomic mass is 79.9. The number of nitrogens with one attached hydrogen (secondary N) is 1. The van der Waals surface area contributed by atoms with Gasteiger partial charge in [0.15, 0.2) is 0 Å². The van der Waals surface area contributed by atoms with Gasteiger partial charge in [0, 0.05) is 22.6 Å². The van der Waals surface area contributed by atoms with Gasteiger partial charge in [0.2, 0.25) is 0 Å². The van der Waals surface area contributed by atoms with Gasteiger partial charge < -0.3 is 15.3 Å². The number of rotatable bonds is 3. The fourth-order valence-electron chi connectivity index (χ4n) is 1.82. The lowest BCUT2D eigenvalue weighted by molar-refractivity contribution is 0.171. The van der Waals surface area contributed by atoms with Crippen LogP contribution in [0.5, 0.6) is 0 Å². The van der Waals surface area contributed by atoms with Gasteiger partial charge in [0.1, 0.15) is 0 Å². The summed E-state index contributed by atoms with van der Waals surface area (Å²) in [7, 11) is 1.33. The van der Waals surface area contributed by atoms with E-state index in [1.807, 2.05) is 18.2 Å². The Labute approximate surface area is 112 Å². The van der Waals surface area contributed by atoms with Crippen molar-refractivity contribution in [3.8, 4) is 0 Å². The lowest BCUT2D eigenvalue weighted by atomic mass is 10.1. The van der Waals surface area contributed by atoms with E-state index in [2.05, 4.69) is 26.0 Å². The van der Waals surface area contributed by atoms with Crippen LogP contribution >= 0.6 is 15.9 Å². The molecule has 0 aliphatic rings. The van der Waals surface area contributed by atoms with Crippen molar-refractivity contribution >= 4 is 32.9 Å². The molecular weight excluding hydrogens is 300 g/mol. The molecule has 2 aromatic rings. The van der Waals surface area contributed by atoms with Crippen LogP contribution in [0.4, 0.5) is 4.79 Å². The summed E-state index contributed by atoms with van der Waals surface area (Å²) in [5, 5.41) is 13.3. The Hall–Kier alpha value is -1.69. The summed E-state index contributed by atoms with van der Waals surface area (Å²) in [5.74, 6) is 0. The molecule has 1 amide bonds. The van der Waals surface area contributed by atoms with Crippen LogP contribution in [-0.2, 0) is 11.2 Å². The molecule has 2 rings (SSSR count). The maximum Gasteiger partial charge on any atom is 0.406 e. The van der Waals surface area contributed by atoms with Crippen molar-refractivity contribution in [3.05, 3.63) is 34.4 Å². The van der Waals surface area contributed by atoms with E-state index in [9.17, 15) is 10.0 Å². The van der Waals surface area contributed by atoms with Crippen LogP contribution in [0.3, 0.4) is 0 Å². The minimum Gasteiger partial charge on any atom is -0.453 e. The number of aromatic nitrogens is 1. The molecule has 0 radical (unpaired) electrons. The minimum atomic E-state index is -0.455. The summed E-state index contributed by atoms with van der Waals surface area (Å²) in [6, 6.07) is 5.64. The molecule has 0 aliphatic carbocycles. The van der Waals surface area contributed by atoms with E-state index in [0.29, 0.717) is 13.0 Å². The number of alkyl carbamates (subject to hydrolysis) is 1. The molecule has 0 spiro atoms. The second kappa shape index (κ2) is 5.30. The Kier molecular flexibility index (Phi) is 3.76. The third-order valence-electron chi connectivity index (χ3n) is 2.68. The second-order valence-electron chi connectivity index (χ2n) is 3.83. The number of halogens is 1. The van der Waals surface area contributed by atoms with Gasteiger partial charge in [0.05, 0.1) is 12.6 Å². The van der Waals surface area contributed by atoms with Gasteiger partial charge in [-0.05, 0) is 30.2 Å². The number of carbonyl (C=O) groups is 1. The summed E-state index contributed by atoms with van der Waals surface area (Å²) >= 11 is 3.40. The van der Waals surface area contributed by atoms with E-state index in [4.69, 9.17) is 0 Å². The third kappa shape index (κ3) is 2.59.